The topological polar surface area (TPSA) is 15.3 Å². The van der Waals surface area contributed by atoms with Crippen molar-refractivity contribution in [2.45, 2.75) is 38.9 Å². The Hall–Kier alpha value is -0.860. The predicted octanol–water partition coefficient (Wildman–Crippen LogP) is 2.50. The average Bonchev–Trinajstić information content (AvgIpc) is 2.93. The summed E-state index contributed by atoms with van der Waals surface area (Å²) in [5.41, 5.74) is 1.45. The maximum absolute atomic E-state index is 3.73. The number of fused-ring (bicyclic) bond motifs is 1. The molecule has 98 valence electrons. The molecule has 3 atom stereocenters. The number of nitrogens with one attached hydrogen (secondary N) is 1. The largest absolute Gasteiger partial charge is 0.312 e. The summed E-state index contributed by atoms with van der Waals surface area (Å²) < 4.78 is 0. The summed E-state index contributed by atoms with van der Waals surface area (Å²) in [5.74, 6) is 1.63. The molecule has 3 rings (SSSR count). The van der Waals surface area contributed by atoms with Gasteiger partial charge in [0.15, 0.2) is 0 Å². The molecule has 0 saturated carbocycles. The van der Waals surface area contributed by atoms with E-state index in [4.69, 9.17) is 0 Å². The van der Waals surface area contributed by atoms with Gasteiger partial charge in [-0.2, -0.15) is 0 Å². The summed E-state index contributed by atoms with van der Waals surface area (Å²) in [7, 11) is 0. The Morgan fingerprint density at radius 3 is 2.78 bits per heavy atom. The molecule has 0 aliphatic carbocycles. The molecule has 0 bridgehead atoms. The van der Waals surface area contributed by atoms with Crippen LogP contribution in [0.15, 0.2) is 30.3 Å². The molecule has 0 aromatic heterocycles. The quantitative estimate of drug-likeness (QED) is 0.879. The van der Waals surface area contributed by atoms with Gasteiger partial charge in [-0.1, -0.05) is 44.2 Å². The Balaban J connectivity index is 1.67. The van der Waals surface area contributed by atoms with Gasteiger partial charge in [-0.25, -0.2) is 0 Å². The summed E-state index contributed by atoms with van der Waals surface area (Å²) in [4.78, 5) is 2.68. The monoisotopic (exact) mass is 244 g/mol. The maximum Gasteiger partial charge on any atom is 0.0267 e. The molecule has 2 aliphatic rings. The lowest BCUT2D eigenvalue weighted by molar-refractivity contribution is 0.238. The van der Waals surface area contributed by atoms with Gasteiger partial charge in [0.2, 0.25) is 0 Å². The normalized spacial score (nSPS) is 32.1. The van der Waals surface area contributed by atoms with Crippen molar-refractivity contribution in [1.82, 2.24) is 10.2 Å². The zero-order chi connectivity index (χ0) is 12.5. The smallest absolute Gasteiger partial charge is 0.0267 e. The van der Waals surface area contributed by atoms with Gasteiger partial charge < -0.3 is 5.32 Å². The van der Waals surface area contributed by atoms with Crippen LogP contribution in [0.4, 0.5) is 0 Å². The van der Waals surface area contributed by atoms with E-state index in [9.17, 15) is 0 Å². The summed E-state index contributed by atoms with van der Waals surface area (Å²) >= 11 is 0. The Morgan fingerprint density at radius 1 is 1.28 bits per heavy atom. The molecular weight excluding hydrogens is 220 g/mol. The number of hydrogen-bond donors (Lipinski definition) is 1. The molecule has 2 saturated heterocycles. The van der Waals surface area contributed by atoms with Crippen LogP contribution in [0.3, 0.4) is 0 Å². The maximum atomic E-state index is 3.73. The third-order valence-electron chi connectivity index (χ3n) is 4.68. The van der Waals surface area contributed by atoms with Gasteiger partial charge in [0.1, 0.15) is 0 Å². The van der Waals surface area contributed by atoms with E-state index in [1.807, 2.05) is 0 Å². The Kier molecular flexibility index (Phi) is 3.40. The number of nitrogens with zero attached hydrogens (tertiary/aromatic N) is 1. The summed E-state index contributed by atoms with van der Waals surface area (Å²) in [6.07, 6.45) is 1.37. The van der Waals surface area contributed by atoms with Gasteiger partial charge in [-0.3, -0.25) is 4.90 Å². The fraction of sp³-hybridized carbons (Fsp3) is 0.625. The van der Waals surface area contributed by atoms with Crippen molar-refractivity contribution in [3.63, 3.8) is 0 Å². The minimum Gasteiger partial charge on any atom is -0.312 e. The molecular formula is C16H24N2. The zero-order valence-electron chi connectivity index (χ0n) is 11.5. The van der Waals surface area contributed by atoms with Crippen LogP contribution in [0.2, 0.25) is 0 Å². The van der Waals surface area contributed by atoms with Crippen molar-refractivity contribution in [3.8, 4) is 0 Å². The first-order valence-electron chi connectivity index (χ1n) is 7.27. The van der Waals surface area contributed by atoms with Crippen LogP contribution >= 0.6 is 0 Å². The second kappa shape index (κ2) is 5.02. The van der Waals surface area contributed by atoms with Crippen molar-refractivity contribution < 1.29 is 0 Å². The van der Waals surface area contributed by atoms with E-state index in [0.717, 1.165) is 30.5 Å². The highest BCUT2D eigenvalue weighted by Crippen LogP contribution is 2.35. The first kappa shape index (κ1) is 12.2. The minimum absolute atomic E-state index is 0.732. The number of rotatable bonds is 3. The van der Waals surface area contributed by atoms with Gasteiger partial charge in [0.25, 0.3) is 0 Å². The Labute approximate surface area is 110 Å². The van der Waals surface area contributed by atoms with Gasteiger partial charge in [0, 0.05) is 25.2 Å². The van der Waals surface area contributed by atoms with Crippen LogP contribution in [0.1, 0.15) is 25.8 Å². The van der Waals surface area contributed by atoms with Crippen LogP contribution in [0.5, 0.6) is 0 Å². The molecule has 1 aromatic rings. The highest BCUT2D eigenvalue weighted by Gasteiger charge is 2.44. The molecule has 1 N–H and O–H groups in total. The van der Waals surface area contributed by atoms with E-state index < -0.39 is 0 Å². The van der Waals surface area contributed by atoms with Crippen molar-refractivity contribution >= 4 is 0 Å². The molecule has 0 amide bonds. The van der Waals surface area contributed by atoms with Crippen LogP contribution in [0, 0.1) is 11.8 Å². The van der Waals surface area contributed by atoms with Crippen molar-refractivity contribution in [2.75, 3.05) is 13.1 Å². The lowest BCUT2D eigenvalue weighted by Gasteiger charge is -2.24. The average molecular weight is 244 g/mol. The molecule has 2 nitrogen and oxygen atoms in total. The number of likely N-dealkylation sites (tertiary alicyclic amines) is 1. The zero-order valence-corrected chi connectivity index (χ0v) is 11.5. The standard InChI is InChI=1S/C16H24N2/c1-12(2)16-14-8-9-18(15(14)10-17-16)11-13-6-4-3-5-7-13/h3-7,12,14-17H,8-11H2,1-2H3. The molecule has 1 aromatic carbocycles. The van der Waals surface area contributed by atoms with E-state index in [0.29, 0.717) is 0 Å². The predicted molar refractivity (Wildman–Crippen MR) is 75.4 cm³/mol. The van der Waals surface area contributed by atoms with Gasteiger partial charge in [0.05, 0.1) is 0 Å². The van der Waals surface area contributed by atoms with Crippen LogP contribution in [-0.2, 0) is 6.54 Å². The second-order valence-corrected chi connectivity index (χ2v) is 6.15. The fourth-order valence-electron chi connectivity index (χ4n) is 3.80. The van der Waals surface area contributed by atoms with Crippen LogP contribution in [-0.4, -0.2) is 30.1 Å². The molecule has 0 radical (unpaired) electrons. The highest BCUT2D eigenvalue weighted by atomic mass is 15.2. The van der Waals surface area contributed by atoms with Crippen molar-refractivity contribution in [1.29, 1.82) is 0 Å². The Bertz CT molecular complexity index is 387. The molecule has 2 heterocycles. The van der Waals surface area contributed by atoms with E-state index in [-0.39, 0.29) is 0 Å². The highest BCUT2D eigenvalue weighted by molar-refractivity contribution is 5.15. The van der Waals surface area contributed by atoms with E-state index >= 15 is 0 Å². The van der Waals surface area contributed by atoms with E-state index in [1.165, 1.54) is 25.1 Å². The molecule has 3 unspecified atom stereocenters. The third kappa shape index (κ3) is 2.19. The van der Waals surface area contributed by atoms with E-state index in [2.05, 4.69) is 54.4 Å². The lowest BCUT2D eigenvalue weighted by atomic mass is 9.89. The lowest BCUT2D eigenvalue weighted by Crippen LogP contribution is -2.33. The van der Waals surface area contributed by atoms with Gasteiger partial charge in [-0.15, -0.1) is 0 Å². The third-order valence-corrected chi connectivity index (χ3v) is 4.68. The first-order chi connectivity index (χ1) is 8.75. The summed E-state index contributed by atoms with van der Waals surface area (Å²) in [6, 6.07) is 12.4. The van der Waals surface area contributed by atoms with Crippen LogP contribution < -0.4 is 5.32 Å². The summed E-state index contributed by atoms with van der Waals surface area (Å²) in [5, 5.41) is 3.73. The van der Waals surface area contributed by atoms with Crippen molar-refractivity contribution in [3.05, 3.63) is 35.9 Å². The molecule has 2 aliphatic heterocycles. The van der Waals surface area contributed by atoms with Crippen molar-refractivity contribution in [2.24, 2.45) is 11.8 Å². The SMILES string of the molecule is CC(C)C1NCC2C1CCN2Cc1ccccc1. The first-order valence-corrected chi connectivity index (χ1v) is 7.27. The summed E-state index contributed by atoms with van der Waals surface area (Å²) in [6.45, 7) is 8.27. The Morgan fingerprint density at radius 2 is 2.06 bits per heavy atom. The molecule has 18 heavy (non-hydrogen) atoms. The number of benzene rings is 1. The second-order valence-electron chi connectivity index (χ2n) is 6.15. The molecule has 2 fully saturated rings. The van der Waals surface area contributed by atoms with Gasteiger partial charge in [-0.05, 0) is 30.4 Å². The number of hydrogen-bond acceptors (Lipinski definition) is 2. The fourth-order valence-corrected chi connectivity index (χ4v) is 3.80. The van der Waals surface area contributed by atoms with Gasteiger partial charge >= 0.3 is 0 Å². The molecule has 2 heteroatoms. The van der Waals surface area contributed by atoms with Crippen LogP contribution in [0.25, 0.3) is 0 Å². The minimum atomic E-state index is 0.732. The molecule has 0 spiro atoms. The van der Waals surface area contributed by atoms with E-state index in [1.54, 1.807) is 0 Å².